The highest BCUT2D eigenvalue weighted by molar-refractivity contribution is 5.95. The molecule has 2 aliphatic rings. The minimum atomic E-state index is -0.244. The molecule has 1 unspecified atom stereocenters. The molecule has 5 nitrogen and oxygen atoms in total. The van der Waals surface area contributed by atoms with Gasteiger partial charge >= 0.3 is 0 Å². The summed E-state index contributed by atoms with van der Waals surface area (Å²) in [5.74, 6) is 0.121. The van der Waals surface area contributed by atoms with Crippen LogP contribution in [0.25, 0.3) is 0 Å². The van der Waals surface area contributed by atoms with Gasteiger partial charge in [-0.2, -0.15) is 0 Å². The van der Waals surface area contributed by atoms with E-state index in [9.17, 15) is 15.0 Å². The fourth-order valence-corrected chi connectivity index (χ4v) is 2.87. The lowest BCUT2D eigenvalue weighted by atomic mass is 10.1. The maximum Gasteiger partial charge on any atom is 0.254 e. The highest BCUT2D eigenvalue weighted by Crippen LogP contribution is 2.31. The minimum Gasteiger partial charge on any atom is -0.504 e. The van der Waals surface area contributed by atoms with Crippen molar-refractivity contribution < 1.29 is 15.0 Å². The summed E-state index contributed by atoms with van der Waals surface area (Å²) < 4.78 is 0. The molecule has 1 amide bonds. The quantitative estimate of drug-likeness (QED) is 0.722. The Hall–Kier alpha value is -1.75. The number of nitrogens with zero attached hydrogens (tertiary/aromatic N) is 1. The molecule has 1 aliphatic carbocycles. The fourth-order valence-electron chi connectivity index (χ4n) is 2.87. The first-order chi connectivity index (χ1) is 10.1. The number of hydrogen-bond acceptors (Lipinski definition) is 4. The second kappa shape index (κ2) is 5.93. The van der Waals surface area contributed by atoms with Gasteiger partial charge in [0.15, 0.2) is 11.5 Å². The van der Waals surface area contributed by atoms with Crippen molar-refractivity contribution in [2.24, 2.45) is 5.92 Å². The number of aromatic hydroxyl groups is 2. The fraction of sp³-hybridized carbons (Fsp3) is 0.562. The SMILES string of the molecule is O=C(c1ccc(O)c(O)c1)N(CC1CC1)CC1CCCN1. The third-order valence-corrected chi connectivity index (χ3v) is 4.29. The normalized spacial score (nSPS) is 21.4. The largest absolute Gasteiger partial charge is 0.504 e. The maximum atomic E-state index is 12.7. The number of carbonyl (C=O) groups is 1. The zero-order valence-electron chi connectivity index (χ0n) is 12.1. The van der Waals surface area contributed by atoms with E-state index < -0.39 is 0 Å². The van der Waals surface area contributed by atoms with Gasteiger partial charge in [-0.25, -0.2) is 0 Å². The van der Waals surface area contributed by atoms with E-state index >= 15 is 0 Å². The van der Waals surface area contributed by atoms with Crippen LogP contribution in [0.5, 0.6) is 11.5 Å². The topological polar surface area (TPSA) is 72.8 Å². The monoisotopic (exact) mass is 290 g/mol. The van der Waals surface area contributed by atoms with Crippen LogP contribution in [0.1, 0.15) is 36.0 Å². The van der Waals surface area contributed by atoms with E-state index in [4.69, 9.17) is 0 Å². The van der Waals surface area contributed by atoms with Crippen molar-refractivity contribution in [3.05, 3.63) is 23.8 Å². The Morgan fingerprint density at radius 1 is 1.19 bits per heavy atom. The Bertz CT molecular complexity index is 522. The predicted octanol–water partition coefficient (Wildman–Crippen LogP) is 1.70. The van der Waals surface area contributed by atoms with Crippen LogP contribution >= 0.6 is 0 Å². The van der Waals surface area contributed by atoms with Crippen LogP contribution in [0.4, 0.5) is 0 Å². The predicted molar refractivity (Wildman–Crippen MR) is 79.4 cm³/mol. The lowest BCUT2D eigenvalue weighted by molar-refractivity contribution is 0.0733. The summed E-state index contributed by atoms with van der Waals surface area (Å²) in [4.78, 5) is 14.6. The molecule has 5 heteroatoms. The third-order valence-electron chi connectivity index (χ3n) is 4.29. The van der Waals surface area contributed by atoms with E-state index in [-0.39, 0.29) is 17.4 Å². The number of hydrogen-bond donors (Lipinski definition) is 3. The van der Waals surface area contributed by atoms with Crippen molar-refractivity contribution in [2.45, 2.75) is 31.7 Å². The van der Waals surface area contributed by atoms with E-state index in [1.54, 1.807) is 6.07 Å². The van der Waals surface area contributed by atoms with Crippen LogP contribution in [0.15, 0.2) is 18.2 Å². The summed E-state index contributed by atoms with van der Waals surface area (Å²) in [6.07, 6.45) is 4.66. The van der Waals surface area contributed by atoms with Crippen LogP contribution in [0, 0.1) is 5.92 Å². The molecule has 1 saturated heterocycles. The summed E-state index contributed by atoms with van der Waals surface area (Å²) in [7, 11) is 0. The zero-order valence-corrected chi connectivity index (χ0v) is 12.1. The van der Waals surface area contributed by atoms with Gasteiger partial charge in [0.05, 0.1) is 0 Å². The Labute approximate surface area is 124 Å². The number of carbonyl (C=O) groups excluding carboxylic acids is 1. The highest BCUT2D eigenvalue weighted by atomic mass is 16.3. The summed E-state index contributed by atoms with van der Waals surface area (Å²) in [5.41, 5.74) is 0.434. The first-order valence-corrected chi connectivity index (χ1v) is 7.68. The van der Waals surface area contributed by atoms with Crippen molar-refractivity contribution in [1.29, 1.82) is 0 Å². The minimum absolute atomic E-state index is 0.0640. The number of amides is 1. The van der Waals surface area contributed by atoms with E-state index in [0.29, 0.717) is 17.5 Å². The summed E-state index contributed by atoms with van der Waals surface area (Å²) >= 11 is 0. The molecule has 0 aromatic heterocycles. The number of benzene rings is 1. The summed E-state index contributed by atoms with van der Waals surface area (Å²) in [6, 6.07) is 4.66. The van der Waals surface area contributed by atoms with Gasteiger partial charge in [0, 0.05) is 24.7 Å². The van der Waals surface area contributed by atoms with Crippen LogP contribution in [0.3, 0.4) is 0 Å². The van der Waals surface area contributed by atoms with Crippen LogP contribution in [-0.2, 0) is 0 Å². The van der Waals surface area contributed by atoms with Crippen LogP contribution in [0.2, 0.25) is 0 Å². The molecule has 1 saturated carbocycles. The molecule has 2 fully saturated rings. The van der Waals surface area contributed by atoms with E-state index in [0.717, 1.165) is 32.5 Å². The molecule has 1 aromatic carbocycles. The number of phenolic OH excluding ortho intramolecular Hbond substituents is 2. The molecular formula is C16H22N2O3. The zero-order chi connectivity index (χ0) is 14.8. The molecule has 0 bridgehead atoms. The summed E-state index contributed by atoms with van der Waals surface area (Å²) in [6.45, 7) is 2.53. The molecule has 21 heavy (non-hydrogen) atoms. The van der Waals surface area contributed by atoms with E-state index in [2.05, 4.69) is 5.32 Å². The van der Waals surface area contributed by atoms with Crippen LogP contribution < -0.4 is 5.32 Å². The van der Waals surface area contributed by atoms with Gasteiger partial charge in [0.2, 0.25) is 0 Å². The highest BCUT2D eigenvalue weighted by Gasteiger charge is 2.29. The van der Waals surface area contributed by atoms with Gasteiger partial charge in [0.1, 0.15) is 0 Å². The molecule has 3 rings (SSSR count). The van der Waals surface area contributed by atoms with Gasteiger partial charge in [-0.1, -0.05) is 0 Å². The molecule has 1 aliphatic heterocycles. The molecule has 114 valence electrons. The van der Waals surface area contributed by atoms with Gasteiger partial charge in [0.25, 0.3) is 5.91 Å². The first kappa shape index (κ1) is 14.2. The van der Waals surface area contributed by atoms with Crippen molar-refractivity contribution in [1.82, 2.24) is 10.2 Å². The second-order valence-corrected chi connectivity index (χ2v) is 6.15. The molecule has 1 aromatic rings. The molecule has 1 heterocycles. The summed E-state index contributed by atoms with van der Waals surface area (Å²) in [5, 5.41) is 22.4. The van der Waals surface area contributed by atoms with Gasteiger partial charge in [-0.05, 0) is 56.3 Å². The Morgan fingerprint density at radius 3 is 2.62 bits per heavy atom. The average molecular weight is 290 g/mol. The van der Waals surface area contributed by atoms with Crippen molar-refractivity contribution in [3.63, 3.8) is 0 Å². The third kappa shape index (κ3) is 3.47. The smallest absolute Gasteiger partial charge is 0.254 e. The van der Waals surface area contributed by atoms with E-state index in [1.807, 2.05) is 4.90 Å². The maximum absolute atomic E-state index is 12.7. The Morgan fingerprint density at radius 2 is 2.00 bits per heavy atom. The number of phenols is 2. The standard InChI is InChI=1S/C16H22N2O3/c19-14-6-5-12(8-15(14)20)16(21)18(9-11-3-4-11)10-13-2-1-7-17-13/h5-6,8,11,13,17,19-20H,1-4,7,9-10H2. The lowest BCUT2D eigenvalue weighted by Gasteiger charge is -2.26. The first-order valence-electron chi connectivity index (χ1n) is 7.68. The number of rotatable bonds is 5. The van der Waals surface area contributed by atoms with Gasteiger partial charge in [-0.3, -0.25) is 4.79 Å². The van der Waals surface area contributed by atoms with Crippen molar-refractivity contribution in [3.8, 4) is 11.5 Å². The van der Waals surface area contributed by atoms with E-state index in [1.165, 1.54) is 25.0 Å². The molecule has 3 N–H and O–H groups in total. The van der Waals surface area contributed by atoms with Crippen molar-refractivity contribution >= 4 is 5.91 Å². The van der Waals surface area contributed by atoms with Gasteiger partial charge < -0.3 is 20.4 Å². The van der Waals surface area contributed by atoms with Crippen molar-refractivity contribution in [2.75, 3.05) is 19.6 Å². The Balaban J connectivity index is 1.73. The second-order valence-electron chi connectivity index (χ2n) is 6.15. The van der Waals surface area contributed by atoms with Gasteiger partial charge in [-0.15, -0.1) is 0 Å². The molecule has 0 spiro atoms. The lowest BCUT2D eigenvalue weighted by Crippen LogP contribution is -2.42. The molecule has 1 atom stereocenters. The van der Waals surface area contributed by atoms with Crippen LogP contribution in [-0.4, -0.2) is 46.7 Å². The molecule has 0 radical (unpaired) electrons. The Kier molecular flexibility index (Phi) is 4.01. The molecular weight excluding hydrogens is 268 g/mol. The average Bonchev–Trinajstić information content (AvgIpc) is 3.14. The number of nitrogens with one attached hydrogen (secondary N) is 1.